The van der Waals surface area contributed by atoms with Crippen LogP contribution in [0.1, 0.15) is 141 Å². The van der Waals surface area contributed by atoms with E-state index in [9.17, 15) is 0 Å². The zero-order valence-corrected chi connectivity index (χ0v) is 41.3. The summed E-state index contributed by atoms with van der Waals surface area (Å²) < 4.78 is 2.61. The van der Waals surface area contributed by atoms with Crippen molar-refractivity contribution in [2.75, 3.05) is 0 Å². The molecule has 65 heavy (non-hydrogen) atoms. The van der Waals surface area contributed by atoms with Gasteiger partial charge < -0.3 is 19.5 Å². The summed E-state index contributed by atoms with van der Waals surface area (Å²) in [6, 6.07) is 20.8. The molecule has 6 aromatic heterocycles. The van der Waals surface area contributed by atoms with Gasteiger partial charge in [0.2, 0.25) is 0 Å². The molecular weight excluding hydrogens is 980 g/mol. The molecule has 334 valence electrons. The molecule has 0 spiro atoms. The number of rotatable bonds is 8. The molecule has 4 aliphatic heterocycles. The van der Waals surface area contributed by atoms with Crippen LogP contribution < -0.4 is 0 Å². The molecule has 0 saturated carbocycles. The zero-order chi connectivity index (χ0) is 44.5. The number of nitrogens with zero attached hydrogens (tertiary/aromatic N) is 5. The molecule has 8 nitrogen and oxygen atoms in total. The topological polar surface area (TPSA) is 104 Å². The Labute approximate surface area is 397 Å². The summed E-state index contributed by atoms with van der Waals surface area (Å²) >= 11 is 0. The van der Waals surface area contributed by atoms with Crippen LogP contribution in [0.25, 0.3) is 92.2 Å². The van der Waals surface area contributed by atoms with Gasteiger partial charge in [-0.1, -0.05) is 48.5 Å². The number of hydrogen-bond acceptors (Lipinski definition) is 4. The maximum absolute atomic E-state index is 5.45. The van der Waals surface area contributed by atoms with Crippen LogP contribution in [-0.4, -0.2) is 39.5 Å². The van der Waals surface area contributed by atoms with E-state index in [0.717, 1.165) is 124 Å². The van der Waals surface area contributed by atoms with Crippen molar-refractivity contribution in [3.05, 3.63) is 140 Å². The molecule has 0 radical (unpaired) electrons. The second-order valence-corrected chi connectivity index (χ2v) is 16.7. The summed E-state index contributed by atoms with van der Waals surface area (Å²) in [4.78, 5) is 30.5. The quantitative estimate of drug-likeness (QED) is 0.141. The monoisotopic (exact) mass is 1040 g/mol. The van der Waals surface area contributed by atoms with Crippen molar-refractivity contribution in [2.24, 2.45) is 0 Å². The number of allylic oxidation sites excluding steroid dienone is 1. The fraction of sp³-hybridized carbons (Fsp3) is 0.286. The van der Waals surface area contributed by atoms with Crippen LogP contribution in [0.3, 0.4) is 0 Å². The van der Waals surface area contributed by atoms with E-state index >= 15 is 0 Å². The first-order valence-electron chi connectivity index (χ1n) is 23.5. The SMILES string of the molecule is C1=Cc2cc3ccc(cc4nc(cc5ccc(cc1n2)[nH]5)C=C4)[nH]3.CCC1=Cc2nc1c(CC)c1c(CC)c(CC)c(c(CC)c3nc(c(CC)c4ccc([nH]4)c2CC)C=C3)n1CC.[Pt]. The summed E-state index contributed by atoms with van der Waals surface area (Å²) in [6.07, 6.45) is 21.6. The van der Waals surface area contributed by atoms with Crippen molar-refractivity contribution in [1.82, 2.24) is 39.5 Å². The Morgan fingerprint density at radius 2 is 0.815 bits per heavy atom. The standard InChI is InChI=1S/C36H46N4.C20H14N4.Pt/c1-9-22-21-33-26(13-5)31-18-17-29(37-31)25(12-4)30-19-20-32(38-30)27(14-6)35-23(10-2)24(11-3)36(40(35)16-8)28(15-7)34(22)39-33;1-2-14-10-16-5-6-18(23-16)12-20-8-7-19(24-20)11-17-4-3-15(22-17)9-13(1)21-14;/h17-21,37H,9-16H2,1-8H3;1-12,21,24H;. The molecular formula is C56H60N8Pt. The number of H-pyrrole nitrogens is 3. The van der Waals surface area contributed by atoms with Gasteiger partial charge in [0.05, 0.1) is 56.6 Å². The molecule has 0 amide bonds. The maximum Gasteiger partial charge on any atom is 0.0722 e. The van der Waals surface area contributed by atoms with E-state index in [0.29, 0.717) is 0 Å². The van der Waals surface area contributed by atoms with Gasteiger partial charge in [-0.15, -0.1) is 0 Å². The molecule has 0 atom stereocenters. The van der Waals surface area contributed by atoms with Crippen molar-refractivity contribution < 1.29 is 21.1 Å². The minimum Gasteiger partial charge on any atom is -0.355 e. The second-order valence-electron chi connectivity index (χ2n) is 16.7. The average molecular weight is 1040 g/mol. The Hall–Kier alpha value is -6.11. The molecule has 0 aromatic carbocycles. The Morgan fingerprint density at radius 1 is 0.400 bits per heavy atom. The summed E-state index contributed by atoms with van der Waals surface area (Å²) in [6.45, 7) is 19.2. The van der Waals surface area contributed by atoms with Gasteiger partial charge in [-0.3, -0.25) is 0 Å². The van der Waals surface area contributed by atoms with Crippen molar-refractivity contribution in [2.45, 2.75) is 107 Å². The van der Waals surface area contributed by atoms with E-state index in [-0.39, 0.29) is 21.1 Å². The number of aromatic amines is 3. The van der Waals surface area contributed by atoms with E-state index in [2.05, 4.69) is 140 Å². The van der Waals surface area contributed by atoms with Gasteiger partial charge >= 0.3 is 0 Å². The molecule has 9 heteroatoms. The van der Waals surface area contributed by atoms with Gasteiger partial charge in [-0.2, -0.15) is 0 Å². The van der Waals surface area contributed by atoms with Crippen molar-refractivity contribution in [1.29, 1.82) is 0 Å². The Balaban J connectivity index is 0.000000195. The van der Waals surface area contributed by atoms with E-state index in [1.54, 1.807) is 0 Å². The molecule has 16 bridgehead atoms. The Morgan fingerprint density at radius 3 is 1.23 bits per heavy atom. The molecule has 10 rings (SSSR count). The smallest absolute Gasteiger partial charge is 0.0722 e. The largest absolute Gasteiger partial charge is 0.355 e. The van der Waals surface area contributed by atoms with Gasteiger partial charge in [0.25, 0.3) is 0 Å². The molecule has 0 aliphatic carbocycles. The minimum atomic E-state index is 0. The Bertz CT molecular complexity index is 3100. The average Bonchev–Trinajstić information content (AvgIpc) is 4.16. The maximum atomic E-state index is 5.45. The van der Waals surface area contributed by atoms with Crippen molar-refractivity contribution in [3.63, 3.8) is 0 Å². The first-order valence-corrected chi connectivity index (χ1v) is 23.5. The summed E-state index contributed by atoms with van der Waals surface area (Å²) in [5.74, 6) is 0. The van der Waals surface area contributed by atoms with Gasteiger partial charge in [0, 0.05) is 83.0 Å². The van der Waals surface area contributed by atoms with E-state index in [1.165, 1.54) is 55.7 Å². The van der Waals surface area contributed by atoms with Gasteiger partial charge in [-0.25, -0.2) is 19.9 Å². The molecule has 3 N–H and O–H groups in total. The number of aryl methyl sites for hydroxylation is 7. The van der Waals surface area contributed by atoms with Crippen molar-refractivity contribution >= 4 is 92.2 Å². The molecule has 0 saturated heterocycles. The van der Waals surface area contributed by atoms with E-state index in [4.69, 9.17) is 9.97 Å². The van der Waals surface area contributed by atoms with Crippen LogP contribution in [0.4, 0.5) is 0 Å². The first-order chi connectivity index (χ1) is 31.3. The van der Waals surface area contributed by atoms with E-state index in [1.807, 2.05) is 48.6 Å². The molecule has 10 heterocycles. The third-order valence-electron chi connectivity index (χ3n) is 12.9. The van der Waals surface area contributed by atoms with Crippen LogP contribution in [0.15, 0.2) is 60.7 Å². The van der Waals surface area contributed by atoms with Crippen LogP contribution in [-0.2, 0) is 66.1 Å². The minimum absolute atomic E-state index is 0. The fourth-order valence-electron chi connectivity index (χ4n) is 9.96. The summed E-state index contributed by atoms with van der Waals surface area (Å²) in [5, 5.41) is 0. The summed E-state index contributed by atoms with van der Waals surface area (Å²) in [5.41, 5.74) is 27.0. The second kappa shape index (κ2) is 19.6. The van der Waals surface area contributed by atoms with Gasteiger partial charge in [-0.05, 0) is 172 Å². The van der Waals surface area contributed by atoms with Crippen LogP contribution in [0, 0.1) is 0 Å². The summed E-state index contributed by atoms with van der Waals surface area (Å²) in [7, 11) is 0. The first kappa shape index (κ1) is 45.5. The Kier molecular flexibility index (Phi) is 13.7. The normalized spacial score (nSPS) is 12.6. The third kappa shape index (κ3) is 8.73. The fourth-order valence-corrected chi connectivity index (χ4v) is 9.96. The predicted molar refractivity (Wildman–Crippen MR) is 273 cm³/mol. The van der Waals surface area contributed by atoms with Crippen LogP contribution in [0.5, 0.6) is 0 Å². The van der Waals surface area contributed by atoms with Crippen LogP contribution >= 0.6 is 0 Å². The van der Waals surface area contributed by atoms with Crippen molar-refractivity contribution in [3.8, 4) is 0 Å². The number of hydrogen-bond donors (Lipinski definition) is 3. The molecule has 0 fully saturated rings. The number of aromatic nitrogens is 8. The molecule has 6 aromatic rings. The predicted octanol–water partition coefficient (Wildman–Crippen LogP) is 14.0. The third-order valence-corrected chi connectivity index (χ3v) is 12.9. The van der Waals surface area contributed by atoms with Gasteiger partial charge in [0.15, 0.2) is 0 Å². The molecule has 0 unspecified atom stereocenters. The number of fused-ring (bicyclic) bond motifs is 16. The van der Waals surface area contributed by atoms with Crippen LogP contribution in [0.2, 0.25) is 0 Å². The van der Waals surface area contributed by atoms with Gasteiger partial charge in [0.1, 0.15) is 0 Å². The number of nitrogens with one attached hydrogen (secondary N) is 3. The zero-order valence-electron chi connectivity index (χ0n) is 39.0. The van der Waals surface area contributed by atoms with E-state index < -0.39 is 0 Å². The molecule has 4 aliphatic rings.